The number of anilines is 1. The van der Waals surface area contributed by atoms with Crippen LogP contribution in [0.15, 0.2) is 18.2 Å². The van der Waals surface area contributed by atoms with Gasteiger partial charge in [-0.2, -0.15) is 0 Å². The van der Waals surface area contributed by atoms with Crippen LogP contribution in [0.1, 0.15) is 18.4 Å². The molecule has 0 bridgehead atoms. The van der Waals surface area contributed by atoms with Crippen molar-refractivity contribution in [2.75, 3.05) is 31.3 Å². The number of nitrogens with zero attached hydrogens (tertiary/aromatic N) is 3. The summed E-state index contributed by atoms with van der Waals surface area (Å²) < 4.78 is 24.6. The van der Waals surface area contributed by atoms with Crippen LogP contribution in [0.5, 0.6) is 0 Å². The largest absolute Gasteiger partial charge is 0.371 e. The fourth-order valence-electron chi connectivity index (χ4n) is 2.85. The first-order chi connectivity index (χ1) is 10.2. The molecule has 1 aliphatic heterocycles. The Morgan fingerprint density at radius 1 is 1.32 bits per heavy atom. The molecule has 0 radical (unpaired) electrons. The number of rotatable bonds is 4. The second-order valence-corrected chi connectivity index (χ2v) is 7.77. The number of aryl methyl sites for hydroxylation is 1. The van der Waals surface area contributed by atoms with Crippen LogP contribution in [0.25, 0.3) is 0 Å². The maximum atomic E-state index is 11.6. The number of sulfonamides is 1. The molecule has 0 amide bonds. The van der Waals surface area contributed by atoms with Gasteiger partial charge in [0.2, 0.25) is 10.0 Å². The van der Waals surface area contributed by atoms with Gasteiger partial charge in [-0.15, -0.1) is 0 Å². The summed E-state index contributed by atoms with van der Waals surface area (Å²) in [5, 5.41) is 10.8. The van der Waals surface area contributed by atoms with E-state index in [4.69, 9.17) is 0 Å². The van der Waals surface area contributed by atoms with Gasteiger partial charge in [-0.1, -0.05) is 0 Å². The Morgan fingerprint density at radius 2 is 1.91 bits per heavy atom. The first kappa shape index (κ1) is 16.7. The molecule has 7 nitrogen and oxygen atoms in total. The monoisotopic (exact) mass is 327 g/mol. The first-order valence-electron chi connectivity index (χ1n) is 7.13. The molecular formula is C14H21N3O4S. The number of hydrogen-bond acceptors (Lipinski definition) is 5. The predicted octanol–water partition coefficient (Wildman–Crippen LogP) is 1.76. The summed E-state index contributed by atoms with van der Waals surface area (Å²) in [5.41, 5.74) is 1.93. The molecule has 0 unspecified atom stereocenters. The molecule has 0 N–H and O–H groups in total. The van der Waals surface area contributed by atoms with Gasteiger partial charge >= 0.3 is 0 Å². The van der Waals surface area contributed by atoms with Crippen molar-refractivity contribution in [2.24, 2.45) is 0 Å². The molecule has 22 heavy (non-hydrogen) atoms. The Morgan fingerprint density at radius 3 is 2.36 bits per heavy atom. The zero-order chi connectivity index (χ0) is 16.5. The molecule has 122 valence electrons. The van der Waals surface area contributed by atoms with E-state index in [1.165, 1.54) is 16.6 Å². The molecule has 1 aromatic carbocycles. The third kappa shape index (κ3) is 3.56. The lowest BCUT2D eigenvalue weighted by atomic mass is 10.0. The lowest BCUT2D eigenvalue weighted by Gasteiger charge is -2.37. The van der Waals surface area contributed by atoms with E-state index in [-0.39, 0.29) is 11.7 Å². The molecule has 0 atom stereocenters. The quantitative estimate of drug-likeness (QED) is 0.621. The van der Waals surface area contributed by atoms with Gasteiger partial charge in [0.1, 0.15) is 0 Å². The normalized spacial score (nSPS) is 17.0. The Kier molecular flexibility index (Phi) is 4.72. The first-order valence-corrected chi connectivity index (χ1v) is 8.98. The fourth-order valence-corrected chi connectivity index (χ4v) is 3.60. The van der Waals surface area contributed by atoms with Gasteiger partial charge in [0.25, 0.3) is 5.69 Å². The Balaban J connectivity index is 2.07. The van der Waals surface area contributed by atoms with E-state index in [9.17, 15) is 18.5 Å². The third-order valence-electron chi connectivity index (χ3n) is 4.23. The van der Waals surface area contributed by atoms with E-state index in [1.807, 2.05) is 6.92 Å². The summed E-state index contributed by atoms with van der Waals surface area (Å²) in [4.78, 5) is 12.5. The lowest BCUT2D eigenvalue weighted by Crippen LogP contribution is -2.45. The molecule has 1 aliphatic rings. The number of nitro groups is 1. The molecule has 0 aliphatic carbocycles. The molecule has 1 saturated heterocycles. The van der Waals surface area contributed by atoms with Crippen LogP contribution in [0.2, 0.25) is 0 Å². The summed E-state index contributed by atoms with van der Waals surface area (Å²) in [6.45, 7) is 3.34. The van der Waals surface area contributed by atoms with E-state index in [0.717, 1.165) is 37.2 Å². The predicted molar refractivity (Wildman–Crippen MR) is 85.7 cm³/mol. The summed E-state index contributed by atoms with van der Waals surface area (Å²) in [5.74, 6) is 0. The zero-order valence-corrected chi connectivity index (χ0v) is 13.8. The Hall–Kier alpha value is -1.67. The van der Waals surface area contributed by atoms with Crippen molar-refractivity contribution in [1.82, 2.24) is 4.31 Å². The minimum atomic E-state index is -3.17. The molecule has 1 heterocycles. The number of non-ortho nitro benzene ring substituents is 1. The van der Waals surface area contributed by atoms with Crippen molar-refractivity contribution >= 4 is 21.4 Å². The molecule has 1 fully saturated rings. The summed E-state index contributed by atoms with van der Waals surface area (Å²) in [7, 11) is -1.55. The average molecular weight is 327 g/mol. The highest BCUT2D eigenvalue weighted by Crippen LogP contribution is 2.28. The SMILES string of the molecule is Cc1cc([N+](=O)[O-])ccc1N1CCC(N(C)S(C)(=O)=O)CC1. The third-order valence-corrected chi connectivity index (χ3v) is 5.58. The van der Waals surface area contributed by atoms with E-state index in [0.29, 0.717) is 0 Å². The van der Waals surface area contributed by atoms with Gasteiger partial charge in [-0.05, 0) is 31.4 Å². The molecule has 8 heteroatoms. The van der Waals surface area contributed by atoms with Gasteiger partial charge < -0.3 is 4.90 Å². The van der Waals surface area contributed by atoms with E-state index < -0.39 is 14.9 Å². The molecule has 0 aromatic heterocycles. The standard InChI is InChI=1S/C14H21N3O4S/c1-11-10-13(17(18)19)4-5-14(11)16-8-6-12(7-9-16)15(2)22(3,20)21/h4-5,10,12H,6-9H2,1-3H3. The molecular weight excluding hydrogens is 306 g/mol. The van der Waals surface area contributed by atoms with Gasteiger partial charge in [-0.3, -0.25) is 10.1 Å². The van der Waals surface area contributed by atoms with Crippen molar-refractivity contribution in [3.05, 3.63) is 33.9 Å². The van der Waals surface area contributed by atoms with Crippen LogP contribution < -0.4 is 4.90 Å². The summed E-state index contributed by atoms with van der Waals surface area (Å²) >= 11 is 0. The number of piperidine rings is 1. The highest BCUT2D eigenvalue weighted by atomic mass is 32.2. The lowest BCUT2D eigenvalue weighted by molar-refractivity contribution is -0.384. The second-order valence-electron chi connectivity index (χ2n) is 5.73. The number of hydrogen-bond donors (Lipinski definition) is 0. The van der Waals surface area contributed by atoms with Crippen LogP contribution >= 0.6 is 0 Å². The van der Waals surface area contributed by atoms with Crippen molar-refractivity contribution in [2.45, 2.75) is 25.8 Å². The van der Waals surface area contributed by atoms with Crippen LogP contribution in [0.4, 0.5) is 11.4 Å². The van der Waals surface area contributed by atoms with Crippen molar-refractivity contribution in [1.29, 1.82) is 0 Å². The Labute approximate surface area is 130 Å². The molecule has 1 aromatic rings. The van der Waals surface area contributed by atoms with Gasteiger partial charge in [-0.25, -0.2) is 12.7 Å². The Bertz CT molecular complexity index is 667. The van der Waals surface area contributed by atoms with Crippen LogP contribution in [0.3, 0.4) is 0 Å². The fraction of sp³-hybridized carbons (Fsp3) is 0.571. The smallest absolute Gasteiger partial charge is 0.269 e. The molecule has 2 rings (SSSR count). The molecule has 0 saturated carbocycles. The van der Waals surface area contributed by atoms with Gasteiger partial charge in [0.15, 0.2) is 0 Å². The van der Waals surface area contributed by atoms with Crippen LogP contribution in [-0.2, 0) is 10.0 Å². The minimum Gasteiger partial charge on any atom is -0.371 e. The van der Waals surface area contributed by atoms with Gasteiger partial charge in [0.05, 0.1) is 11.2 Å². The minimum absolute atomic E-state index is 0.0182. The molecule has 0 spiro atoms. The zero-order valence-electron chi connectivity index (χ0n) is 13.0. The second kappa shape index (κ2) is 6.21. The van der Waals surface area contributed by atoms with Crippen LogP contribution in [0, 0.1) is 17.0 Å². The van der Waals surface area contributed by atoms with Gasteiger partial charge in [0, 0.05) is 44.0 Å². The number of benzene rings is 1. The van der Waals surface area contributed by atoms with Crippen molar-refractivity contribution in [3.63, 3.8) is 0 Å². The van der Waals surface area contributed by atoms with Crippen LogP contribution in [-0.4, -0.2) is 50.1 Å². The van der Waals surface area contributed by atoms with E-state index in [1.54, 1.807) is 19.2 Å². The van der Waals surface area contributed by atoms with E-state index >= 15 is 0 Å². The topological polar surface area (TPSA) is 83.8 Å². The summed E-state index contributed by atoms with van der Waals surface area (Å²) in [6.07, 6.45) is 2.72. The average Bonchev–Trinajstić information content (AvgIpc) is 2.45. The number of nitro benzene ring substituents is 1. The highest BCUT2D eigenvalue weighted by Gasteiger charge is 2.27. The summed E-state index contributed by atoms with van der Waals surface area (Å²) in [6, 6.07) is 4.87. The van der Waals surface area contributed by atoms with Crippen molar-refractivity contribution < 1.29 is 13.3 Å². The maximum absolute atomic E-state index is 11.6. The highest BCUT2D eigenvalue weighted by molar-refractivity contribution is 7.88. The maximum Gasteiger partial charge on any atom is 0.269 e. The van der Waals surface area contributed by atoms with Crippen molar-refractivity contribution in [3.8, 4) is 0 Å². The van der Waals surface area contributed by atoms with E-state index in [2.05, 4.69) is 4.90 Å².